The van der Waals surface area contributed by atoms with Crippen molar-refractivity contribution in [3.63, 3.8) is 0 Å². The first-order valence-corrected chi connectivity index (χ1v) is 7.06. The molecular weight excluding hydrogens is 300 g/mol. The van der Waals surface area contributed by atoms with Crippen LogP contribution in [-0.4, -0.2) is 18.4 Å². The number of hydrogen-bond donors (Lipinski definition) is 1. The average Bonchev–Trinajstić information content (AvgIpc) is 2.79. The van der Waals surface area contributed by atoms with E-state index in [0.717, 1.165) is 19.5 Å². The molecule has 2 heterocycles. The molecule has 4 rings (SSSR count). The Labute approximate surface area is 134 Å². The summed E-state index contributed by atoms with van der Waals surface area (Å²) >= 11 is 0. The maximum absolute atomic E-state index is 12.5. The fourth-order valence-corrected chi connectivity index (χ4v) is 3.03. The van der Waals surface area contributed by atoms with Crippen LogP contribution in [0.4, 0.5) is 5.69 Å². The van der Waals surface area contributed by atoms with Gasteiger partial charge < -0.3 is 5.32 Å². The zero-order chi connectivity index (χ0) is 14.4. The number of benzene rings is 2. The van der Waals surface area contributed by atoms with Gasteiger partial charge in [0.1, 0.15) is 0 Å². The fourth-order valence-electron chi connectivity index (χ4n) is 3.03. The Kier molecular flexibility index (Phi) is 3.72. The molecule has 5 heteroatoms. The Morgan fingerprint density at radius 3 is 2.27 bits per heavy atom. The number of rotatable bonds is 1. The van der Waals surface area contributed by atoms with Crippen molar-refractivity contribution in [1.29, 1.82) is 0 Å². The first kappa shape index (κ1) is 14.8. The summed E-state index contributed by atoms with van der Waals surface area (Å²) in [6.07, 6.45) is 0.923. The van der Waals surface area contributed by atoms with Gasteiger partial charge in [-0.1, -0.05) is 18.2 Å². The summed E-state index contributed by atoms with van der Waals surface area (Å²) in [5, 5.41) is 3.31. The van der Waals surface area contributed by atoms with Gasteiger partial charge in [0.2, 0.25) is 0 Å². The smallest absolute Gasteiger partial charge is 0.266 e. The lowest BCUT2D eigenvalue weighted by Crippen LogP contribution is -2.30. The van der Waals surface area contributed by atoms with E-state index in [0.29, 0.717) is 16.8 Å². The molecule has 112 valence electrons. The number of nitrogens with one attached hydrogen (secondary N) is 1. The summed E-state index contributed by atoms with van der Waals surface area (Å²) in [6, 6.07) is 12.8. The van der Waals surface area contributed by atoms with Gasteiger partial charge in [0.05, 0.1) is 16.8 Å². The van der Waals surface area contributed by atoms with Crippen molar-refractivity contribution < 1.29 is 9.59 Å². The van der Waals surface area contributed by atoms with Crippen molar-refractivity contribution in [2.75, 3.05) is 11.4 Å². The highest BCUT2D eigenvalue weighted by atomic mass is 35.5. The highest BCUT2D eigenvalue weighted by Crippen LogP contribution is 2.30. The van der Waals surface area contributed by atoms with E-state index in [1.165, 1.54) is 16.0 Å². The van der Waals surface area contributed by atoms with Gasteiger partial charge in [-0.05, 0) is 48.4 Å². The van der Waals surface area contributed by atoms with Crippen LogP contribution in [0.1, 0.15) is 31.8 Å². The number of anilines is 1. The standard InChI is InChI=1S/C17H14N2O2.ClH/c20-16-14-3-1-2-4-15(14)17(21)19(16)13-6-5-12-10-18-8-7-11(12)9-13;/h1-6,9,18H,7-8,10H2;1H. The third-order valence-electron chi connectivity index (χ3n) is 4.13. The average molecular weight is 315 g/mol. The normalized spacial score (nSPS) is 16.1. The molecule has 0 fully saturated rings. The third-order valence-corrected chi connectivity index (χ3v) is 4.13. The predicted molar refractivity (Wildman–Crippen MR) is 86.7 cm³/mol. The van der Waals surface area contributed by atoms with Crippen molar-refractivity contribution in [2.45, 2.75) is 13.0 Å². The molecule has 0 aliphatic carbocycles. The summed E-state index contributed by atoms with van der Waals surface area (Å²) in [6.45, 7) is 1.77. The van der Waals surface area contributed by atoms with Crippen LogP contribution in [0.25, 0.3) is 0 Å². The number of nitrogens with zero attached hydrogens (tertiary/aromatic N) is 1. The van der Waals surface area contributed by atoms with Crippen LogP contribution in [0.15, 0.2) is 42.5 Å². The lowest BCUT2D eigenvalue weighted by Gasteiger charge is -2.20. The van der Waals surface area contributed by atoms with Crippen molar-refractivity contribution in [3.8, 4) is 0 Å². The number of hydrogen-bond acceptors (Lipinski definition) is 3. The summed E-state index contributed by atoms with van der Waals surface area (Å²) in [4.78, 5) is 26.2. The molecule has 0 bridgehead atoms. The quantitative estimate of drug-likeness (QED) is 0.823. The number of fused-ring (bicyclic) bond motifs is 2. The maximum atomic E-state index is 12.5. The minimum absolute atomic E-state index is 0. The number of amides is 2. The van der Waals surface area contributed by atoms with E-state index < -0.39 is 0 Å². The molecule has 2 aliphatic rings. The largest absolute Gasteiger partial charge is 0.312 e. The van der Waals surface area contributed by atoms with E-state index in [9.17, 15) is 9.59 Å². The summed E-state index contributed by atoms with van der Waals surface area (Å²) in [7, 11) is 0. The van der Waals surface area contributed by atoms with Gasteiger partial charge in [-0.25, -0.2) is 4.90 Å². The Balaban J connectivity index is 0.00000144. The van der Waals surface area contributed by atoms with Crippen LogP contribution < -0.4 is 10.2 Å². The minimum atomic E-state index is -0.232. The van der Waals surface area contributed by atoms with Crippen molar-refractivity contribution in [2.24, 2.45) is 0 Å². The molecule has 0 aromatic heterocycles. The second-order valence-electron chi connectivity index (χ2n) is 5.37. The Morgan fingerprint density at radius 2 is 1.59 bits per heavy atom. The van der Waals surface area contributed by atoms with Gasteiger partial charge in [0.15, 0.2) is 0 Å². The first-order chi connectivity index (χ1) is 10.3. The number of halogens is 1. The van der Waals surface area contributed by atoms with Crippen LogP contribution in [0.5, 0.6) is 0 Å². The lowest BCUT2D eigenvalue weighted by atomic mass is 10.00. The molecule has 2 aromatic carbocycles. The lowest BCUT2D eigenvalue weighted by molar-refractivity contribution is 0.0926. The van der Waals surface area contributed by atoms with E-state index in [-0.39, 0.29) is 24.2 Å². The van der Waals surface area contributed by atoms with Crippen LogP contribution in [-0.2, 0) is 13.0 Å². The monoisotopic (exact) mass is 314 g/mol. The predicted octanol–water partition coefficient (Wildman–Crippen LogP) is 2.55. The van der Waals surface area contributed by atoms with E-state index in [1.807, 2.05) is 18.2 Å². The molecule has 2 aliphatic heterocycles. The molecule has 1 N–H and O–H groups in total. The number of carbonyl (C=O) groups is 2. The highest BCUT2D eigenvalue weighted by molar-refractivity contribution is 6.34. The molecule has 0 saturated carbocycles. The van der Waals surface area contributed by atoms with Gasteiger partial charge in [0, 0.05) is 6.54 Å². The van der Waals surface area contributed by atoms with Gasteiger partial charge >= 0.3 is 0 Å². The van der Waals surface area contributed by atoms with E-state index >= 15 is 0 Å². The summed E-state index contributed by atoms with van der Waals surface area (Å²) in [5.74, 6) is -0.464. The first-order valence-electron chi connectivity index (χ1n) is 7.06. The molecular formula is C17H15ClN2O2. The van der Waals surface area contributed by atoms with E-state index in [2.05, 4.69) is 5.32 Å². The second-order valence-corrected chi connectivity index (χ2v) is 5.37. The zero-order valence-corrected chi connectivity index (χ0v) is 12.7. The van der Waals surface area contributed by atoms with Crippen molar-refractivity contribution in [1.82, 2.24) is 5.32 Å². The fraction of sp³-hybridized carbons (Fsp3) is 0.176. The van der Waals surface area contributed by atoms with Crippen molar-refractivity contribution in [3.05, 3.63) is 64.7 Å². The van der Waals surface area contributed by atoms with Crippen molar-refractivity contribution >= 4 is 29.9 Å². The number of imide groups is 1. The summed E-state index contributed by atoms with van der Waals surface area (Å²) < 4.78 is 0. The zero-order valence-electron chi connectivity index (χ0n) is 11.8. The topological polar surface area (TPSA) is 49.4 Å². The Morgan fingerprint density at radius 1 is 0.909 bits per heavy atom. The van der Waals surface area contributed by atoms with Gasteiger partial charge in [-0.2, -0.15) is 0 Å². The Bertz CT molecular complexity index is 738. The van der Waals surface area contributed by atoms with Crippen LogP contribution >= 0.6 is 12.4 Å². The molecule has 0 spiro atoms. The highest BCUT2D eigenvalue weighted by Gasteiger charge is 2.36. The van der Waals surface area contributed by atoms with Gasteiger partial charge in [-0.15, -0.1) is 12.4 Å². The molecule has 22 heavy (non-hydrogen) atoms. The molecule has 0 atom stereocenters. The molecule has 0 unspecified atom stereocenters. The van der Waals surface area contributed by atoms with E-state index in [4.69, 9.17) is 0 Å². The third kappa shape index (κ3) is 2.12. The molecule has 2 aromatic rings. The molecule has 0 radical (unpaired) electrons. The number of carbonyl (C=O) groups excluding carboxylic acids is 2. The Hall–Kier alpha value is -2.17. The van der Waals surface area contributed by atoms with E-state index in [1.54, 1.807) is 24.3 Å². The molecule has 0 saturated heterocycles. The van der Waals surface area contributed by atoms with Gasteiger partial charge in [-0.3, -0.25) is 9.59 Å². The summed E-state index contributed by atoms with van der Waals surface area (Å²) in [5.41, 5.74) is 4.09. The van der Waals surface area contributed by atoms with Crippen LogP contribution in [0.3, 0.4) is 0 Å². The van der Waals surface area contributed by atoms with Crippen LogP contribution in [0, 0.1) is 0 Å². The molecule has 4 nitrogen and oxygen atoms in total. The van der Waals surface area contributed by atoms with Gasteiger partial charge in [0.25, 0.3) is 11.8 Å². The minimum Gasteiger partial charge on any atom is -0.312 e. The maximum Gasteiger partial charge on any atom is 0.266 e. The SMILES string of the molecule is Cl.O=C1c2ccccc2C(=O)N1c1ccc2c(c1)CCNC2. The van der Waals surface area contributed by atoms with Crippen LogP contribution in [0.2, 0.25) is 0 Å². The molecule has 2 amide bonds. The second kappa shape index (κ2) is 5.55.